The highest BCUT2D eigenvalue weighted by atomic mass is 35.5. The second kappa shape index (κ2) is 12.2. The first-order valence-corrected chi connectivity index (χ1v) is 14.0. The van der Waals surface area contributed by atoms with Crippen LogP contribution in [-0.2, 0) is 17.8 Å². The predicted molar refractivity (Wildman–Crippen MR) is 157 cm³/mol. The van der Waals surface area contributed by atoms with Gasteiger partial charge in [-0.15, -0.1) is 0 Å². The van der Waals surface area contributed by atoms with Gasteiger partial charge in [0.1, 0.15) is 12.4 Å². The highest BCUT2D eigenvalue weighted by Gasteiger charge is 2.24. The SMILES string of the molecule is Cc1c(CC(=O)NC2CCCC(N)C2)nn(-c2ccc(Cl)cc2Cl)c1-c1ccc(OCc2ccccc2)cc1. The van der Waals surface area contributed by atoms with E-state index >= 15 is 0 Å². The zero-order valence-corrected chi connectivity index (χ0v) is 23.4. The molecule has 4 aromatic rings. The minimum atomic E-state index is -0.0553. The van der Waals surface area contributed by atoms with Crippen LogP contribution in [0, 0.1) is 6.92 Å². The number of hydrogen-bond donors (Lipinski definition) is 2. The highest BCUT2D eigenvalue weighted by Crippen LogP contribution is 2.34. The number of benzene rings is 3. The van der Waals surface area contributed by atoms with E-state index in [1.807, 2.05) is 67.6 Å². The molecule has 0 aliphatic heterocycles. The van der Waals surface area contributed by atoms with Crippen molar-refractivity contribution in [1.82, 2.24) is 15.1 Å². The van der Waals surface area contributed by atoms with Gasteiger partial charge in [-0.3, -0.25) is 4.79 Å². The molecule has 2 unspecified atom stereocenters. The number of ether oxygens (including phenoxy) is 1. The van der Waals surface area contributed by atoms with Crippen molar-refractivity contribution >= 4 is 29.1 Å². The molecule has 5 rings (SSSR count). The predicted octanol–water partition coefficient (Wildman–Crippen LogP) is 6.66. The van der Waals surface area contributed by atoms with Crippen LogP contribution in [-0.4, -0.2) is 27.8 Å². The Labute approximate surface area is 239 Å². The van der Waals surface area contributed by atoms with Crippen molar-refractivity contribution in [2.75, 3.05) is 0 Å². The van der Waals surface area contributed by atoms with Crippen LogP contribution in [0.4, 0.5) is 0 Å². The molecule has 1 saturated carbocycles. The summed E-state index contributed by atoms with van der Waals surface area (Å²) in [4.78, 5) is 13.0. The van der Waals surface area contributed by atoms with Crippen LogP contribution in [0.1, 0.15) is 42.5 Å². The molecule has 1 aromatic heterocycles. The number of amides is 1. The first-order chi connectivity index (χ1) is 18.9. The smallest absolute Gasteiger partial charge is 0.226 e. The van der Waals surface area contributed by atoms with Crippen molar-refractivity contribution < 1.29 is 9.53 Å². The van der Waals surface area contributed by atoms with E-state index in [9.17, 15) is 4.79 Å². The molecule has 0 bridgehead atoms. The summed E-state index contributed by atoms with van der Waals surface area (Å²) in [6, 6.07) is 23.5. The van der Waals surface area contributed by atoms with E-state index in [2.05, 4.69) is 5.32 Å². The Bertz CT molecular complexity index is 1440. The summed E-state index contributed by atoms with van der Waals surface area (Å²) >= 11 is 12.8. The average molecular weight is 564 g/mol. The second-order valence-electron chi connectivity index (χ2n) is 10.1. The van der Waals surface area contributed by atoms with Crippen molar-refractivity contribution in [3.63, 3.8) is 0 Å². The van der Waals surface area contributed by atoms with E-state index in [0.29, 0.717) is 28.0 Å². The lowest BCUT2D eigenvalue weighted by molar-refractivity contribution is -0.121. The first-order valence-electron chi connectivity index (χ1n) is 13.2. The van der Waals surface area contributed by atoms with Crippen LogP contribution in [0.25, 0.3) is 16.9 Å². The van der Waals surface area contributed by atoms with Crippen LogP contribution >= 0.6 is 23.2 Å². The summed E-state index contributed by atoms with van der Waals surface area (Å²) < 4.78 is 7.78. The van der Waals surface area contributed by atoms with Crippen molar-refractivity contribution in [2.45, 2.75) is 57.7 Å². The zero-order chi connectivity index (χ0) is 27.4. The maximum Gasteiger partial charge on any atom is 0.226 e. The largest absolute Gasteiger partial charge is 0.489 e. The minimum absolute atomic E-state index is 0.0553. The van der Waals surface area contributed by atoms with Crippen LogP contribution in [0.5, 0.6) is 5.75 Å². The van der Waals surface area contributed by atoms with E-state index in [-0.39, 0.29) is 24.4 Å². The van der Waals surface area contributed by atoms with Crippen molar-refractivity contribution in [3.05, 3.63) is 99.7 Å². The van der Waals surface area contributed by atoms with Crippen LogP contribution in [0.3, 0.4) is 0 Å². The Hall–Kier alpha value is -3.32. The minimum Gasteiger partial charge on any atom is -0.489 e. The molecule has 0 spiro atoms. The van der Waals surface area contributed by atoms with Gasteiger partial charge in [-0.1, -0.05) is 53.5 Å². The summed E-state index contributed by atoms with van der Waals surface area (Å²) in [5.74, 6) is 0.710. The Morgan fingerprint density at radius 3 is 2.56 bits per heavy atom. The van der Waals surface area contributed by atoms with E-state index in [0.717, 1.165) is 53.8 Å². The lowest BCUT2D eigenvalue weighted by Gasteiger charge is -2.27. The maximum atomic E-state index is 13.0. The highest BCUT2D eigenvalue weighted by molar-refractivity contribution is 6.35. The average Bonchev–Trinajstić information content (AvgIpc) is 3.23. The summed E-state index contributed by atoms with van der Waals surface area (Å²) in [5.41, 5.74) is 11.3. The number of hydrogen-bond acceptors (Lipinski definition) is 4. The fraction of sp³-hybridized carbons (Fsp3) is 0.290. The monoisotopic (exact) mass is 562 g/mol. The normalized spacial score (nSPS) is 17.1. The molecule has 6 nitrogen and oxygen atoms in total. The molecule has 1 aliphatic rings. The second-order valence-corrected chi connectivity index (χ2v) is 10.9. The first kappa shape index (κ1) is 27.3. The summed E-state index contributed by atoms with van der Waals surface area (Å²) in [7, 11) is 0. The molecule has 0 radical (unpaired) electrons. The van der Waals surface area contributed by atoms with E-state index in [4.69, 9.17) is 38.8 Å². The maximum absolute atomic E-state index is 13.0. The quantitative estimate of drug-likeness (QED) is 0.251. The third-order valence-corrected chi connectivity index (χ3v) is 7.68. The summed E-state index contributed by atoms with van der Waals surface area (Å²) in [5, 5.41) is 9.04. The Morgan fingerprint density at radius 1 is 1.08 bits per heavy atom. The number of nitrogens with zero attached hydrogens (tertiary/aromatic N) is 2. The number of halogens is 2. The van der Waals surface area contributed by atoms with Crippen LogP contribution in [0.2, 0.25) is 10.0 Å². The molecule has 3 aromatic carbocycles. The van der Waals surface area contributed by atoms with Gasteiger partial charge in [0.05, 0.1) is 28.5 Å². The molecular formula is C31H32Cl2N4O2. The van der Waals surface area contributed by atoms with E-state index in [1.54, 1.807) is 16.8 Å². The molecule has 1 aliphatic carbocycles. The number of nitrogens with two attached hydrogens (primary N) is 1. The Balaban J connectivity index is 1.42. The number of nitrogens with one attached hydrogen (secondary N) is 1. The summed E-state index contributed by atoms with van der Waals surface area (Å²) in [6.07, 6.45) is 3.98. The third-order valence-electron chi connectivity index (χ3n) is 7.14. The molecule has 39 heavy (non-hydrogen) atoms. The molecule has 202 valence electrons. The molecule has 3 N–H and O–H groups in total. The van der Waals surface area contributed by atoms with Gasteiger partial charge < -0.3 is 15.8 Å². The molecular weight excluding hydrogens is 531 g/mol. The summed E-state index contributed by atoms with van der Waals surface area (Å²) in [6.45, 7) is 2.48. The molecule has 8 heteroatoms. The number of carbonyl (C=O) groups excluding carboxylic acids is 1. The van der Waals surface area contributed by atoms with Gasteiger partial charge in [0, 0.05) is 22.7 Å². The van der Waals surface area contributed by atoms with Gasteiger partial charge in [-0.05, 0) is 86.2 Å². The number of carbonyl (C=O) groups is 1. The van der Waals surface area contributed by atoms with Crippen LogP contribution < -0.4 is 15.8 Å². The molecule has 1 fully saturated rings. The lowest BCUT2D eigenvalue weighted by Crippen LogP contribution is -2.42. The zero-order valence-electron chi connectivity index (χ0n) is 21.9. The van der Waals surface area contributed by atoms with Gasteiger partial charge in [-0.2, -0.15) is 5.10 Å². The molecule has 1 amide bonds. The van der Waals surface area contributed by atoms with Crippen LogP contribution in [0.15, 0.2) is 72.8 Å². The van der Waals surface area contributed by atoms with Crippen molar-refractivity contribution in [2.24, 2.45) is 5.73 Å². The van der Waals surface area contributed by atoms with Gasteiger partial charge in [0.2, 0.25) is 5.91 Å². The fourth-order valence-corrected chi connectivity index (χ4v) is 5.60. The van der Waals surface area contributed by atoms with Gasteiger partial charge >= 0.3 is 0 Å². The van der Waals surface area contributed by atoms with Crippen molar-refractivity contribution in [3.8, 4) is 22.7 Å². The van der Waals surface area contributed by atoms with Gasteiger partial charge in [0.15, 0.2) is 0 Å². The van der Waals surface area contributed by atoms with Gasteiger partial charge in [-0.25, -0.2) is 4.68 Å². The molecule has 1 heterocycles. The van der Waals surface area contributed by atoms with Gasteiger partial charge in [0.25, 0.3) is 0 Å². The lowest BCUT2D eigenvalue weighted by atomic mass is 9.91. The van der Waals surface area contributed by atoms with E-state index < -0.39 is 0 Å². The van der Waals surface area contributed by atoms with E-state index in [1.165, 1.54) is 0 Å². The topological polar surface area (TPSA) is 82.2 Å². The Kier molecular flexibility index (Phi) is 8.56. The fourth-order valence-electron chi connectivity index (χ4n) is 5.11. The standard InChI is InChI=1S/C31H32Cl2N4O2/c1-20-28(18-30(38)35-25-9-5-8-24(34)17-25)36-37(29-15-12-23(32)16-27(29)33)31(20)22-10-13-26(14-11-22)39-19-21-6-3-2-4-7-21/h2-4,6-7,10-16,24-25H,5,8-9,17-19,34H2,1H3,(H,35,38). The Morgan fingerprint density at radius 2 is 1.85 bits per heavy atom. The van der Waals surface area contributed by atoms with Crippen molar-refractivity contribution in [1.29, 1.82) is 0 Å². The number of rotatable bonds is 8. The third kappa shape index (κ3) is 6.64. The molecule has 2 atom stereocenters. The number of aromatic nitrogens is 2. The molecule has 0 saturated heterocycles.